The van der Waals surface area contributed by atoms with Crippen molar-refractivity contribution in [3.05, 3.63) is 29.3 Å². The Kier molecular flexibility index (Phi) is 7.14. The molecule has 2 rings (SSSR count). The first-order valence-corrected chi connectivity index (χ1v) is 8.43. The van der Waals surface area contributed by atoms with Crippen LogP contribution in [0.1, 0.15) is 12.8 Å². The molecule has 132 valence electrons. The second kappa shape index (κ2) is 9.34. The van der Waals surface area contributed by atoms with E-state index in [2.05, 4.69) is 15.5 Å². The fraction of sp³-hybridized carbons (Fsp3) is 0.500. The van der Waals surface area contributed by atoms with E-state index in [0.29, 0.717) is 23.8 Å². The van der Waals surface area contributed by atoms with Crippen LogP contribution in [0.5, 0.6) is 0 Å². The highest BCUT2D eigenvalue weighted by molar-refractivity contribution is 6.30. The number of carbonyl (C=O) groups excluding carboxylic acids is 1. The number of hydrogen-bond acceptors (Lipinski definition) is 3. The van der Waals surface area contributed by atoms with Crippen molar-refractivity contribution in [2.75, 3.05) is 44.6 Å². The highest BCUT2D eigenvalue weighted by atomic mass is 35.5. The summed E-state index contributed by atoms with van der Waals surface area (Å²) >= 11 is 5.84. The minimum absolute atomic E-state index is 0.198. The summed E-state index contributed by atoms with van der Waals surface area (Å²) in [7, 11) is 0. The van der Waals surface area contributed by atoms with Gasteiger partial charge in [0.25, 0.3) is 0 Å². The minimum atomic E-state index is -1.09. The molecule has 3 N–H and O–H groups in total. The normalized spacial score (nSPS) is 14.4. The molecule has 1 aromatic rings. The molecule has 0 radical (unpaired) electrons. The van der Waals surface area contributed by atoms with Gasteiger partial charge in [-0.05, 0) is 50.2 Å². The molecule has 8 heteroatoms. The van der Waals surface area contributed by atoms with Crippen LogP contribution in [-0.2, 0) is 0 Å². The number of carboxylic acid groups (broad SMARTS) is 1. The maximum absolute atomic E-state index is 12.5. The first kappa shape index (κ1) is 18.4. The van der Waals surface area contributed by atoms with Crippen molar-refractivity contribution in [2.45, 2.75) is 12.8 Å². The molecule has 1 saturated heterocycles. The first-order chi connectivity index (χ1) is 11.5. The van der Waals surface area contributed by atoms with E-state index in [1.165, 1.54) is 12.8 Å². The van der Waals surface area contributed by atoms with Crippen LogP contribution in [0.3, 0.4) is 0 Å². The summed E-state index contributed by atoms with van der Waals surface area (Å²) in [6, 6.07) is 6.63. The number of urea groups is 1. The van der Waals surface area contributed by atoms with Crippen molar-refractivity contribution in [3.8, 4) is 0 Å². The van der Waals surface area contributed by atoms with Crippen LogP contribution in [0.25, 0.3) is 0 Å². The molecule has 1 heterocycles. The van der Waals surface area contributed by atoms with Crippen molar-refractivity contribution >= 4 is 29.4 Å². The number of carbonyl (C=O) groups is 2. The van der Waals surface area contributed by atoms with Gasteiger partial charge < -0.3 is 25.5 Å². The Balaban J connectivity index is 1.89. The van der Waals surface area contributed by atoms with Gasteiger partial charge in [-0.2, -0.15) is 0 Å². The maximum Gasteiger partial charge on any atom is 0.404 e. The highest BCUT2D eigenvalue weighted by Gasteiger charge is 2.17. The molecule has 7 nitrogen and oxygen atoms in total. The van der Waals surface area contributed by atoms with Crippen molar-refractivity contribution < 1.29 is 14.7 Å². The lowest BCUT2D eigenvalue weighted by Crippen LogP contribution is -2.44. The summed E-state index contributed by atoms with van der Waals surface area (Å²) in [6.07, 6.45) is 1.29. The summed E-state index contributed by atoms with van der Waals surface area (Å²) in [5.41, 5.74) is 0.654. The third-order valence-electron chi connectivity index (χ3n) is 3.93. The van der Waals surface area contributed by atoms with Crippen molar-refractivity contribution in [1.29, 1.82) is 0 Å². The van der Waals surface area contributed by atoms with Gasteiger partial charge in [-0.15, -0.1) is 0 Å². The molecule has 0 atom stereocenters. The van der Waals surface area contributed by atoms with E-state index in [4.69, 9.17) is 16.7 Å². The molecular formula is C16H23ClN4O3. The number of nitrogens with zero attached hydrogens (tertiary/aromatic N) is 2. The molecule has 1 aliphatic rings. The van der Waals surface area contributed by atoms with Gasteiger partial charge in [0.1, 0.15) is 0 Å². The Hall–Kier alpha value is -1.99. The zero-order chi connectivity index (χ0) is 17.4. The molecule has 0 aromatic heterocycles. The summed E-state index contributed by atoms with van der Waals surface area (Å²) in [5, 5.41) is 14.4. The van der Waals surface area contributed by atoms with Gasteiger partial charge in [-0.25, -0.2) is 9.59 Å². The minimum Gasteiger partial charge on any atom is -0.465 e. The fourth-order valence-electron chi connectivity index (χ4n) is 2.62. The van der Waals surface area contributed by atoms with E-state index < -0.39 is 6.09 Å². The van der Waals surface area contributed by atoms with E-state index in [1.807, 2.05) is 0 Å². The van der Waals surface area contributed by atoms with E-state index in [9.17, 15) is 9.59 Å². The Bertz CT molecular complexity index is 547. The van der Waals surface area contributed by atoms with E-state index in [1.54, 1.807) is 29.2 Å². The Morgan fingerprint density at radius 3 is 2.46 bits per heavy atom. The van der Waals surface area contributed by atoms with E-state index in [-0.39, 0.29) is 12.6 Å². The molecular weight excluding hydrogens is 332 g/mol. The monoisotopic (exact) mass is 354 g/mol. The molecule has 0 aliphatic carbocycles. The molecule has 1 fully saturated rings. The molecule has 0 bridgehead atoms. The van der Waals surface area contributed by atoms with Gasteiger partial charge in [0.2, 0.25) is 0 Å². The van der Waals surface area contributed by atoms with Crippen LogP contribution in [0, 0.1) is 0 Å². The molecule has 0 saturated carbocycles. The number of benzene rings is 1. The van der Waals surface area contributed by atoms with Gasteiger partial charge in [-0.1, -0.05) is 11.6 Å². The lowest BCUT2D eigenvalue weighted by atomic mass is 10.3. The summed E-state index contributed by atoms with van der Waals surface area (Å²) in [6.45, 7) is 3.98. The number of amides is 3. The zero-order valence-corrected chi connectivity index (χ0v) is 14.3. The number of likely N-dealkylation sites (tertiary alicyclic amines) is 1. The molecule has 3 amide bonds. The van der Waals surface area contributed by atoms with Crippen LogP contribution in [0.15, 0.2) is 24.3 Å². The van der Waals surface area contributed by atoms with Crippen molar-refractivity contribution in [1.82, 2.24) is 15.1 Å². The van der Waals surface area contributed by atoms with Crippen LogP contribution < -0.4 is 10.6 Å². The smallest absolute Gasteiger partial charge is 0.404 e. The Labute approximate surface area is 146 Å². The number of rotatable bonds is 7. The van der Waals surface area contributed by atoms with E-state index >= 15 is 0 Å². The lowest BCUT2D eigenvalue weighted by Gasteiger charge is -2.25. The Morgan fingerprint density at radius 2 is 1.83 bits per heavy atom. The Morgan fingerprint density at radius 1 is 1.17 bits per heavy atom. The second-order valence-electron chi connectivity index (χ2n) is 5.70. The summed E-state index contributed by atoms with van der Waals surface area (Å²) < 4.78 is 0. The van der Waals surface area contributed by atoms with Gasteiger partial charge in [0, 0.05) is 36.9 Å². The quantitative estimate of drug-likeness (QED) is 0.702. The third kappa shape index (κ3) is 6.25. The summed E-state index contributed by atoms with van der Waals surface area (Å²) in [5.74, 6) is 0. The van der Waals surface area contributed by atoms with Gasteiger partial charge >= 0.3 is 12.1 Å². The standard InChI is InChI=1S/C16H23ClN4O3/c17-13-3-5-14(6-4-13)19-15(22)21(10-7-18-16(23)24)12-11-20-8-1-2-9-20/h3-6,18H,1-2,7-12H2,(H,19,22)(H,23,24). The first-order valence-electron chi connectivity index (χ1n) is 8.05. The summed E-state index contributed by atoms with van der Waals surface area (Å²) in [4.78, 5) is 27.0. The second-order valence-corrected chi connectivity index (χ2v) is 6.14. The zero-order valence-electron chi connectivity index (χ0n) is 13.5. The predicted molar refractivity (Wildman–Crippen MR) is 93.7 cm³/mol. The molecule has 0 spiro atoms. The average molecular weight is 355 g/mol. The predicted octanol–water partition coefficient (Wildman–Crippen LogP) is 2.54. The topological polar surface area (TPSA) is 84.9 Å². The van der Waals surface area contributed by atoms with Crippen LogP contribution in [0.2, 0.25) is 5.02 Å². The maximum atomic E-state index is 12.5. The molecule has 24 heavy (non-hydrogen) atoms. The molecule has 1 aromatic carbocycles. The number of nitrogens with one attached hydrogen (secondary N) is 2. The number of anilines is 1. The number of hydrogen-bond donors (Lipinski definition) is 3. The van der Waals surface area contributed by atoms with Gasteiger partial charge in [0.05, 0.1) is 0 Å². The van der Waals surface area contributed by atoms with E-state index in [0.717, 1.165) is 19.6 Å². The lowest BCUT2D eigenvalue weighted by molar-refractivity contribution is 0.186. The third-order valence-corrected chi connectivity index (χ3v) is 4.18. The number of halogens is 1. The van der Waals surface area contributed by atoms with Crippen LogP contribution in [0.4, 0.5) is 15.3 Å². The van der Waals surface area contributed by atoms with Gasteiger partial charge in [0.15, 0.2) is 0 Å². The SMILES string of the molecule is O=C(O)NCCN(CCN1CCCC1)C(=O)Nc1ccc(Cl)cc1. The fourth-order valence-corrected chi connectivity index (χ4v) is 2.74. The highest BCUT2D eigenvalue weighted by Crippen LogP contribution is 2.14. The largest absolute Gasteiger partial charge is 0.465 e. The van der Waals surface area contributed by atoms with Gasteiger partial charge in [-0.3, -0.25) is 0 Å². The average Bonchev–Trinajstić information content (AvgIpc) is 3.06. The van der Waals surface area contributed by atoms with Crippen molar-refractivity contribution in [3.63, 3.8) is 0 Å². The van der Waals surface area contributed by atoms with Crippen LogP contribution in [-0.4, -0.2) is 66.3 Å². The molecule has 0 unspecified atom stereocenters. The van der Waals surface area contributed by atoms with Crippen molar-refractivity contribution in [2.24, 2.45) is 0 Å². The van der Waals surface area contributed by atoms with Crippen LogP contribution >= 0.6 is 11.6 Å². The molecule has 1 aliphatic heterocycles.